The minimum atomic E-state index is 0.375. The molecule has 0 amide bonds. The highest BCUT2D eigenvalue weighted by molar-refractivity contribution is 9.09. The molecule has 0 saturated carbocycles. The number of halogens is 1. The molecule has 1 heterocycles. The maximum absolute atomic E-state index is 4.41. The van der Waals surface area contributed by atoms with Gasteiger partial charge >= 0.3 is 0 Å². The van der Waals surface area contributed by atoms with Crippen LogP contribution in [0.15, 0.2) is 12.3 Å². The Balaban J connectivity index is 2.80. The molecule has 0 saturated heterocycles. The van der Waals surface area contributed by atoms with E-state index < -0.39 is 0 Å². The van der Waals surface area contributed by atoms with Crippen molar-refractivity contribution in [1.29, 1.82) is 0 Å². The van der Waals surface area contributed by atoms with Gasteiger partial charge in [-0.3, -0.25) is 4.68 Å². The highest BCUT2D eigenvalue weighted by Crippen LogP contribution is 2.34. The van der Waals surface area contributed by atoms with Crippen LogP contribution < -0.4 is 0 Å². The average molecular weight is 287 g/mol. The molecule has 92 valence electrons. The van der Waals surface area contributed by atoms with E-state index >= 15 is 0 Å². The molecule has 0 N–H and O–H groups in total. The van der Waals surface area contributed by atoms with Crippen molar-refractivity contribution in [2.24, 2.45) is 5.41 Å². The van der Waals surface area contributed by atoms with E-state index in [-0.39, 0.29) is 0 Å². The van der Waals surface area contributed by atoms with Crippen molar-refractivity contribution in [2.45, 2.75) is 53.0 Å². The first-order chi connectivity index (χ1) is 7.67. The molecule has 0 aromatic carbocycles. The molecule has 0 unspecified atom stereocenters. The molecule has 0 aliphatic carbocycles. The summed E-state index contributed by atoms with van der Waals surface area (Å²) >= 11 is 3.70. The maximum Gasteiger partial charge on any atom is 0.0492 e. The van der Waals surface area contributed by atoms with E-state index in [1.165, 1.54) is 31.4 Å². The Morgan fingerprint density at radius 2 is 1.94 bits per heavy atom. The molecule has 0 fully saturated rings. The third-order valence-electron chi connectivity index (χ3n) is 3.26. The lowest BCUT2D eigenvalue weighted by Crippen LogP contribution is -2.29. The highest BCUT2D eigenvalue weighted by atomic mass is 79.9. The molecule has 0 bridgehead atoms. The number of aryl methyl sites for hydroxylation is 1. The normalized spacial score (nSPS) is 12.0. The lowest BCUT2D eigenvalue weighted by atomic mass is 9.81. The van der Waals surface area contributed by atoms with Crippen molar-refractivity contribution in [1.82, 2.24) is 9.78 Å². The average Bonchev–Trinajstić information content (AvgIpc) is 2.65. The Morgan fingerprint density at radius 1 is 1.31 bits per heavy atom. The molecule has 16 heavy (non-hydrogen) atoms. The lowest BCUT2D eigenvalue weighted by molar-refractivity contribution is 0.221. The fraction of sp³-hybridized carbons (Fsp3) is 0.769. The molecule has 0 radical (unpaired) electrons. The quantitative estimate of drug-likeness (QED) is 0.688. The van der Waals surface area contributed by atoms with Crippen LogP contribution in [0.2, 0.25) is 0 Å². The van der Waals surface area contributed by atoms with E-state index in [9.17, 15) is 0 Å². The third-order valence-corrected chi connectivity index (χ3v) is 4.45. The van der Waals surface area contributed by atoms with Gasteiger partial charge in [0.05, 0.1) is 0 Å². The van der Waals surface area contributed by atoms with Gasteiger partial charge in [-0.1, -0.05) is 42.6 Å². The largest absolute Gasteiger partial charge is 0.269 e. The van der Waals surface area contributed by atoms with E-state index in [1.54, 1.807) is 0 Å². The highest BCUT2D eigenvalue weighted by Gasteiger charge is 2.28. The Hall–Kier alpha value is -0.310. The summed E-state index contributed by atoms with van der Waals surface area (Å²) in [5, 5.41) is 5.48. The van der Waals surface area contributed by atoms with Crippen LogP contribution in [-0.2, 0) is 6.54 Å². The van der Waals surface area contributed by atoms with Crippen molar-refractivity contribution in [2.75, 3.05) is 5.33 Å². The molecular weight excluding hydrogens is 264 g/mol. The van der Waals surface area contributed by atoms with Crippen LogP contribution >= 0.6 is 15.9 Å². The van der Waals surface area contributed by atoms with Crippen LogP contribution in [0.1, 0.15) is 45.2 Å². The second-order valence-corrected chi connectivity index (χ2v) is 5.32. The van der Waals surface area contributed by atoms with E-state index in [4.69, 9.17) is 0 Å². The predicted molar refractivity (Wildman–Crippen MR) is 73.0 cm³/mol. The van der Waals surface area contributed by atoms with Gasteiger partial charge in [0.15, 0.2) is 0 Å². The molecule has 1 aromatic rings. The standard InChI is InChI=1S/C13H23BrN2/c1-4-7-13(10-14,8-5-2)11-16-12(3)6-9-15-16/h6,9H,4-5,7-8,10-11H2,1-3H3. The molecule has 2 nitrogen and oxygen atoms in total. The summed E-state index contributed by atoms with van der Waals surface area (Å²) in [5.74, 6) is 0. The van der Waals surface area contributed by atoms with Crippen molar-refractivity contribution in [3.05, 3.63) is 18.0 Å². The van der Waals surface area contributed by atoms with Crippen LogP contribution in [0, 0.1) is 12.3 Å². The van der Waals surface area contributed by atoms with Crippen molar-refractivity contribution in [3.63, 3.8) is 0 Å². The number of hydrogen-bond donors (Lipinski definition) is 0. The molecule has 0 aliphatic heterocycles. The Kier molecular flexibility index (Phi) is 5.53. The number of hydrogen-bond acceptors (Lipinski definition) is 1. The first-order valence-corrected chi connectivity index (χ1v) is 7.34. The summed E-state index contributed by atoms with van der Waals surface area (Å²) < 4.78 is 2.15. The Morgan fingerprint density at radius 3 is 2.31 bits per heavy atom. The van der Waals surface area contributed by atoms with E-state index in [1.807, 2.05) is 6.20 Å². The minimum absolute atomic E-state index is 0.375. The molecule has 0 atom stereocenters. The first kappa shape index (κ1) is 13.8. The van der Waals surface area contributed by atoms with Gasteiger partial charge in [-0.25, -0.2) is 0 Å². The van der Waals surface area contributed by atoms with Crippen LogP contribution in [-0.4, -0.2) is 15.1 Å². The van der Waals surface area contributed by atoms with Crippen molar-refractivity contribution >= 4 is 15.9 Å². The molecule has 0 spiro atoms. The summed E-state index contributed by atoms with van der Waals surface area (Å²) in [6.07, 6.45) is 6.92. The van der Waals surface area contributed by atoms with Gasteiger partial charge in [0.1, 0.15) is 0 Å². The molecule has 3 heteroatoms. The number of rotatable bonds is 7. The topological polar surface area (TPSA) is 17.8 Å². The number of nitrogens with zero attached hydrogens (tertiary/aromatic N) is 2. The van der Waals surface area contributed by atoms with E-state index in [0.29, 0.717) is 5.41 Å². The molecule has 1 aromatic heterocycles. The maximum atomic E-state index is 4.41. The summed E-state index contributed by atoms with van der Waals surface area (Å²) in [5.41, 5.74) is 1.64. The smallest absolute Gasteiger partial charge is 0.0492 e. The molecule has 1 rings (SSSR count). The summed E-state index contributed by atoms with van der Waals surface area (Å²) in [7, 11) is 0. The van der Waals surface area contributed by atoms with Gasteiger partial charge in [0.25, 0.3) is 0 Å². The SMILES string of the molecule is CCCC(CBr)(CCC)Cn1nccc1C. The van der Waals surface area contributed by atoms with Crippen molar-refractivity contribution < 1.29 is 0 Å². The zero-order valence-corrected chi connectivity index (χ0v) is 12.3. The fourth-order valence-electron chi connectivity index (χ4n) is 2.40. The zero-order valence-electron chi connectivity index (χ0n) is 10.7. The summed E-state index contributed by atoms with van der Waals surface area (Å²) in [4.78, 5) is 0. The predicted octanol–water partition coefficient (Wildman–Crippen LogP) is 4.17. The Bertz CT molecular complexity index is 301. The zero-order chi connectivity index (χ0) is 12.0. The van der Waals surface area contributed by atoms with Crippen LogP contribution in [0.5, 0.6) is 0 Å². The summed E-state index contributed by atoms with van der Waals surface area (Å²) in [6, 6.07) is 2.08. The monoisotopic (exact) mass is 286 g/mol. The third kappa shape index (κ3) is 3.34. The first-order valence-electron chi connectivity index (χ1n) is 6.22. The van der Waals surface area contributed by atoms with Gasteiger partial charge in [-0.15, -0.1) is 0 Å². The second kappa shape index (κ2) is 6.43. The van der Waals surface area contributed by atoms with E-state index in [0.717, 1.165) is 11.9 Å². The summed E-state index contributed by atoms with van der Waals surface area (Å²) in [6.45, 7) is 7.70. The van der Waals surface area contributed by atoms with Gasteiger partial charge < -0.3 is 0 Å². The van der Waals surface area contributed by atoms with Crippen LogP contribution in [0.3, 0.4) is 0 Å². The van der Waals surface area contributed by atoms with Gasteiger partial charge in [0, 0.05) is 23.8 Å². The molecular formula is C13H23BrN2. The molecule has 0 aliphatic rings. The van der Waals surface area contributed by atoms with E-state index in [2.05, 4.69) is 52.5 Å². The Labute approximate surface area is 108 Å². The second-order valence-electron chi connectivity index (χ2n) is 4.76. The van der Waals surface area contributed by atoms with Crippen molar-refractivity contribution in [3.8, 4) is 0 Å². The van der Waals surface area contributed by atoms with Crippen LogP contribution in [0.25, 0.3) is 0 Å². The van der Waals surface area contributed by atoms with Gasteiger partial charge in [0.2, 0.25) is 0 Å². The van der Waals surface area contributed by atoms with Gasteiger partial charge in [-0.2, -0.15) is 5.10 Å². The van der Waals surface area contributed by atoms with Crippen LogP contribution in [0.4, 0.5) is 0 Å². The lowest BCUT2D eigenvalue weighted by Gasteiger charge is -2.32. The number of alkyl halides is 1. The fourth-order valence-corrected chi connectivity index (χ4v) is 3.14. The number of aromatic nitrogens is 2. The van der Waals surface area contributed by atoms with Gasteiger partial charge in [-0.05, 0) is 31.2 Å². The minimum Gasteiger partial charge on any atom is -0.269 e.